The molecular formula is C20H35N5O. The van der Waals surface area contributed by atoms with Crippen LogP contribution in [0.5, 0.6) is 0 Å². The van der Waals surface area contributed by atoms with Crippen LogP contribution in [0.1, 0.15) is 58.3 Å². The third kappa shape index (κ3) is 3.96. The van der Waals surface area contributed by atoms with Crippen molar-refractivity contribution >= 4 is 5.91 Å². The van der Waals surface area contributed by atoms with Gasteiger partial charge in [-0.15, -0.1) is 0 Å². The van der Waals surface area contributed by atoms with Crippen LogP contribution < -0.4 is 0 Å². The molecule has 2 fully saturated rings. The predicted molar refractivity (Wildman–Crippen MR) is 104 cm³/mol. The number of hydrogen-bond donors (Lipinski definition) is 1. The highest BCUT2D eigenvalue weighted by Crippen LogP contribution is 2.32. The highest BCUT2D eigenvalue weighted by molar-refractivity contribution is 5.76. The molecule has 1 N–H and O–H groups in total. The first-order valence-electron chi connectivity index (χ1n) is 10.00. The molecule has 0 aromatic carbocycles. The number of likely N-dealkylation sites (N-methyl/N-ethyl adjacent to an activating group) is 1. The van der Waals surface area contributed by atoms with Crippen molar-refractivity contribution in [2.24, 2.45) is 0 Å². The molecule has 1 amide bonds. The van der Waals surface area contributed by atoms with Gasteiger partial charge >= 0.3 is 0 Å². The van der Waals surface area contributed by atoms with Crippen molar-refractivity contribution in [2.45, 2.75) is 64.5 Å². The van der Waals surface area contributed by atoms with Gasteiger partial charge in [0.05, 0.1) is 5.69 Å². The molecule has 1 unspecified atom stereocenters. The van der Waals surface area contributed by atoms with Crippen LogP contribution >= 0.6 is 0 Å². The molecule has 3 rings (SSSR count). The van der Waals surface area contributed by atoms with Crippen LogP contribution in [0, 0.1) is 0 Å². The number of aromatic amines is 1. The predicted octanol–water partition coefficient (Wildman–Crippen LogP) is 2.23. The van der Waals surface area contributed by atoms with E-state index in [0.717, 1.165) is 57.8 Å². The summed E-state index contributed by atoms with van der Waals surface area (Å²) in [6.45, 7) is 14.4. The van der Waals surface area contributed by atoms with E-state index in [0.29, 0.717) is 12.3 Å². The Bertz CT molecular complexity index is 634. The number of piperazine rings is 1. The standard InChI is InChI=1S/C20H35N5O/c1-6-25-10-9-20(8-7-18(25)26)15-24(12-11-23(20)5)14-16-13-17(22-21-16)19(2,3)4/h13H,6-12,14-15H2,1-5H3,(H,21,22). The van der Waals surface area contributed by atoms with Crippen molar-refractivity contribution in [1.29, 1.82) is 0 Å². The van der Waals surface area contributed by atoms with Crippen LogP contribution in [0.4, 0.5) is 0 Å². The Hall–Kier alpha value is -1.40. The maximum absolute atomic E-state index is 12.3. The summed E-state index contributed by atoms with van der Waals surface area (Å²) >= 11 is 0. The largest absolute Gasteiger partial charge is 0.343 e. The molecule has 0 aliphatic carbocycles. The van der Waals surface area contributed by atoms with E-state index in [-0.39, 0.29) is 11.0 Å². The Kier molecular flexibility index (Phi) is 5.45. The SMILES string of the molecule is CCN1CCC2(CCC1=O)CN(Cc1cc(C(C)(C)C)n[nH]1)CCN2C. The smallest absolute Gasteiger partial charge is 0.222 e. The molecule has 6 nitrogen and oxygen atoms in total. The average Bonchev–Trinajstić information content (AvgIpc) is 2.99. The van der Waals surface area contributed by atoms with E-state index in [1.165, 1.54) is 5.69 Å². The van der Waals surface area contributed by atoms with Gasteiger partial charge in [-0.25, -0.2) is 0 Å². The Morgan fingerprint density at radius 2 is 2.00 bits per heavy atom. The number of H-pyrrole nitrogens is 1. The van der Waals surface area contributed by atoms with Gasteiger partial charge in [0, 0.05) is 62.3 Å². The molecule has 146 valence electrons. The molecule has 0 saturated carbocycles. The lowest BCUT2D eigenvalue weighted by Crippen LogP contribution is -2.60. The molecule has 3 heterocycles. The van der Waals surface area contributed by atoms with Crippen molar-refractivity contribution in [3.05, 3.63) is 17.5 Å². The normalized spacial score (nSPS) is 26.5. The number of carbonyl (C=O) groups is 1. The molecule has 1 spiro atoms. The minimum atomic E-state index is 0.0728. The van der Waals surface area contributed by atoms with Gasteiger partial charge in [0.25, 0.3) is 0 Å². The minimum absolute atomic E-state index is 0.0728. The molecule has 1 atom stereocenters. The fourth-order valence-electron chi connectivity index (χ4n) is 4.31. The zero-order valence-electron chi connectivity index (χ0n) is 17.1. The van der Waals surface area contributed by atoms with Crippen LogP contribution in [0.3, 0.4) is 0 Å². The van der Waals surface area contributed by atoms with E-state index in [4.69, 9.17) is 0 Å². The number of amides is 1. The first-order valence-corrected chi connectivity index (χ1v) is 10.00. The molecule has 6 heteroatoms. The summed E-state index contributed by atoms with van der Waals surface area (Å²) in [6.07, 6.45) is 2.70. The molecular weight excluding hydrogens is 326 g/mol. The third-order valence-corrected chi connectivity index (χ3v) is 6.26. The summed E-state index contributed by atoms with van der Waals surface area (Å²) in [5.41, 5.74) is 2.50. The number of nitrogens with zero attached hydrogens (tertiary/aromatic N) is 4. The van der Waals surface area contributed by atoms with Gasteiger partial charge in [0.15, 0.2) is 0 Å². The summed E-state index contributed by atoms with van der Waals surface area (Å²) in [5, 5.41) is 7.73. The summed E-state index contributed by atoms with van der Waals surface area (Å²) in [6, 6.07) is 2.21. The first-order chi connectivity index (χ1) is 12.2. The van der Waals surface area contributed by atoms with Gasteiger partial charge in [0.2, 0.25) is 5.91 Å². The maximum Gasteiger partial charge on any atom is 0.222 e. The molecule has 0 radical (unpaired) electrons. The van der Waals surface area contributed by atoms with Crippen LogP contribution in [-0.2, 0) is 16.8 Å². The lowest BCUT2D eigenvalue weighted by atomic mass is 9.86. The second-order valence-corrected chi connectivity index (χ2v) is 9.11. The molecule has 0 bridgehead atoms. The molecule has 2 saturated heterocycles. The molecule has 1 aromatic rings. The molecule has 1 aromatic heterocycles. The summed E-state index contributed by atoms with van der Waals surface area (Å²) in [7, 11) is 2.23. The van der Waals surface area contributed by atoms with Crippen molar-refractivity contribution < 1.29 is 4.79 Å². The highest BCUT2D eigenvalue weighted by Gasteiger charge is 2.42. The number of likely N-dealkylation sites (tertiary alicyclic amines) is 1. The van der Waals surface area contributed by atoms with Crippen molar-refractivity contribution in [3.8, 4) is 0 Å². The fourth-order valence-corrected chi connectivity index (χ4v) is 4.31. The fraction of sp³-hybridized carbons (Fsp3) is 0.800. The topological polar surface area (TPSA) is 55.5 Å². The highest BCUT2D eigenvalue weighted by atomic mass is 16.2. The van der Waals surface area contributed by atoms with E-state index in [9.17, 15) is 4.79 Å². The van der Waals surface area contributed by atoms with E-state index < -0.39 is 0 Å². The van der Waals surface area contributed by atoms with Crippen LogP contribution in [0.2, 0.25) is 0 Å². The Balaban J connectivity index is 1.70. The van der Waals surface area contributed by atoms with Gasteiger partial charge in [0.1, 0.15) is 0 Å². The lowest BCUT2D eigenvalue weighted by Gasteiger charge is -2.49. The van der Waals surface area contributed by atoms with E-state index in [1.807, 2.05) is 4.90 Å². The second-order valence-electron chi connectivity index (χ2n) is 9.11. The Labute approximate surface area is 157 Å². The van der Waals surface area contributed by atoms with Crippen molar-refractivity contribution in [1.82, 2.24) is 24.9 Å². The summed E-state index contributed by atoms with van der Waals surface area (Å²) in [5.74, 6) is 0.318. The first kappa shape index (κ1) is 19.4. The zero-order chi connectivity index (χ0) is 18.9. The van der Waals surface area contributed by atoms with E-state index >= 15 is 0 Å². The number of rotatable bonds is 3. The Morgan fingerprint density at radius 3 is 2.65 bits per heavy atom. The van der Waals surface area contributed by atoms with E-state index in [2.05, 4.69) is 60.8 Å². The summed E-state index contributed by atoms with van der Waals surface area (Å²) in [4.78, 5) is 19.4. The minimum Gasteiger partial charge on any atom is -0.343 e. The summed E-state index contributed by atoms with van der Waals surface area (Å²) < 4.78 is 0. The van der Waals surface area contributed by atoms with Crippen molar-refractivity contribution in [2.75, 3.05) is 39.8 Å². The van der Waals surface area contributed by atoms with Gasteiger partial charge in [-0.1, -0.05) is 20.8 Å². The lowest BCUT2D eigenvalue weighted by molar-refractivity contribution is -0.130. The number of hydrogen-bond acceptors (Lipinski definition) is 4. The maximum atomic E-state index is 12.3. The Morgan fingerprint density at radius 1 is 1.23 bits per heavy atom. The molecule has 26 heavy (non-hydrogen) atoms. The quantitative estimate of drug-likeness (QED) is 0.897. The number of carbonyl (C=O) groups excluding carboxylic acids is 1. The van der Waals surface area contributed by atoms with Gasteiger partial charge < -0.3 is 4.90 Å². The van der Waals surface area contributed by atoms with Crippen molar-refractivity contribution in [3.63, 3.8) is 0 Å². The monoisotopic (exact) mass is 361 g/mol. The van der Waals surface area contributed by atoms with Gasteiger partial charge in [-0.2, -0.15) is 5.10 Å². The van der Waals surface area contributed by atoms with Crippen LogP contribution in [0.15, 0.2) is 6.07 Å². The van der Waals surface area contributed by atoms with E-state index in [1.54, 1.807) is 0 Å². The molecule has 2 aliphatic heterocycles. The second kappa shape index (κ2) is 7.31. The average molecular weight is 362 g/mol. The molecule has 2 aliphatic rings. The van der Waals surface area contributed by atoms with Gasteiger partial charge in [-0.05, 0) is 32.9 Å². The third-order valence-electron chi connectivity index (χ3n) is 6.26. The van der Waals surface area contributed by atoms with Crippen LogP contribution in [-0.4, -0.2) is 76.1 Å². The van der Waals surface area contributed by atoms with Gasteiger partial charge in [-0.3, -0.25) is 19.7 Å². The number of nitrogens with one attached hydrogen (secondary N) is 1. The number of aromatic nitrogens is 2. The van der Waals surface area contributed by atoms with Crippen LogP contribution in [0.25, 0.3) is 0 Å². The zero-order valence-corrected chi connectivity index (χ0v) is 17.1.